The van der Waals surface area contributed by atoms with Gasteiger partial charge in [0.05, 0.1) is 16.8 Å². The number of Topliss-reactive ketones (excluding diaryl/α,β-unsaturated/α-hetero) is 1. The maximum Gasteiger partial charge on any atom is 0.232 e. The Bertz CT molecular complexity index is 1140. The number of ether oxygens (including phenoxy) is 2. The predicted molar refractivity (Wildman–Crippen MR) is 114 cm³/mol. The second-order valence-corrected chi connectivity index (χ2v) is 7.68. The molecule has 150 valence electrons. The number of allylic oxidation sites excluding steroid dienone is 1. The summed E-state index contributed by atoms with van der Waals surface area (Å²) in [6.45, 7) is 5.23. The molecule has 0 saturated heterocycles. The van der Waals surface area contributed by atoms with Gasteiger partial charge in [0.1, 0.15) is 18.2 Å². The first-order valence-corrected chi connectivity index (χ1v) is 10.1. The van der Waals surface area contributed by atoms with E-state index in [-0.39, 0.29) is 11.8 Å². The van der Waals surface area contributed by atoms with E-state index in [0.29, 0.717) is 36.0 Å². The maximum absolute atomic E-state index is 13.1. The summed E-state index contributed by atoms with van der Waals surface area (Å²) >= 11 is 0. The molecule has 1 atom stereocenters. The van der Waals surface area contributed by atoms with E-state index < -0.39 is 0 Å². The summed E-state index contributed by atoms with van der Waals surface area (Å²) in [5, 5.41) is 0. The lowest BCUT2D eigenvalue weighted by Gasteiger charge is -2.34. The molecule has 2 aliphatic rings. The minimum atomic E-state index is -0.107. The van der Waals surface area contributed by atoms with Crippen molar-refractivity contribution in [3.63, 3.8) is 0 Å². The standard InChI is InChI=1S/C25H22N2O3/c1-16-12-21-20(14-27(15-29-21)17(2)18-8-4-3-5-9-18)25-23(16)24(28)22(30-25)13-19-10-6-7-11-26-19/h3-13,17H,14-15H2,1-2H3/b22-13-. The number of nitrogens with zero attached hydrogens (tertiary/aromatic N) is 2. The van der Waals surface area contributed by atoms with Crippen molar-refractivity contribution in [2.24, 2.45) is 0 Å². The van der Waals surface area contributed by atoms with Crippen LogP contribution in [0.2, 0.25) is 0 Å². The zero-order valence-corrected chi connectivity index (χ0v) is 17.0. The van der Waals surface area contributed by atoms with Crippen LogP contribution in [0.3, 0.4) is 0 Å². The summed E-state index contributed by atoms with van der Waals surface area (Å²) in [7, 11) is 0. The van der Waals surface area contributed by atoms with Gasteiger partial charge in [-0.2, -0.15) is 0 Å². The molecule has 1 aromatic heterocycles. The van der Waals surface area contributed by atoms with Gasteiger partial charge >= 0.3 is 0 Å². The molecule has 0 spiro atoms. The average molecular weight is 398 g/mol. The Morgan fingerprint density at radius 1 is 1.13 bits per heavy atom. The quantitative estimate of drug-likeness (QED) is 0.586. The van der Waals surface area contributed by atoms with E-state index >= 15 is 0 Å². The molecule has 0 radical (unpaired) electrons. The largest absolute Gasteiger partial charge is 0.478 e. The number of carbonyl (C=O) groups excluding carboxylic acids is 1. The van der Waals surface area contributed by atoms with Crippen molar-refractivity contribution in [2.75, 3.05) is 6.73 Å². The molecule has 0 amide bonds. The molecule has 0 saturated carbocycles. The van der Waals surface area contributed by atoms with E-state index in [4.69, 9.17) is 9.47 Å². The van der Waals surface area contributed by atoms with Gasteiger partial charge < -0.3 is 9.47 Å². The third-order valence-corrected chi connectivity index (χ3v) is 5.75. The first kappa shape index (κ1) is 18.6. The highest BCUT2D eigenvalue weighted by Crippen LogP contribution is 2.45. The highest BCUT2D eigenvalue weighted by Gasteiger charge is 2.36. The molecule has 5 nitrogen and oxygen atoms in total. The summed E-state index contributed by atoms with van der Waals surface area (Å²) in [6.07, 6.45) is 3.39. The number of benzene rings is 2. The molecule has 1 unspecified atom stereocenters. The Balaban J connectivity index is 1.50. The first-order chi connectivity index (χ1) is 14.6. The fourth-order valence-corrected chi connectivity index (χ4v) is 4.03. The number of rotatable bonds is 3. The van der Waals surface area contributed by atoms with Crippen LogP contribution in [0.1, 0.15) is 45.7 Å². The first-order valence-electron chi connectivity index (χ1n) is 10.1. The van der Waals surface area contributed by atoms with Crippen molar-refractivity contribution in [3.8, 4) is 11.5 Å². The SMILES string of the molecule is Cc1cc2c(c3c1C(=O)/C(=C/c1ccccn1)O3)CN(C(C)c1ccccc1)CO2. The molecule has 0 fully saturated rings. The number of carbonyl (C=O) groups is 1. The molecule has 30 heavy (non-hydrogen) atoms. The van der Waals surface area contributed by atoms with E-state index in [1.165, 1.54) is 5.56 Å². The molecule has 3 heterocycles. The number of fused-ring (bicyclic) bond motifs is 3. The molecule has 2 aliphatic heterocycles. The van der Waals surface area contributed by atoms with Gasteiger partial charge in [0, 0.05) is 24.9 Å². The van der Waals surface area contributed by atoms with Crippen molar-refractivity contribution < 1.29 is 14.3 Å². The topological polar surface area (TPSA) is 51.7 Å². The molecule has 2 aromatic carbocycles. The normalized spacial score (nSPS) is 17.8. The molecule has 0 N–H and O–H groups in total. The maximum atomic E-state index is 13.1. The smallest absolute Gasteiger partial charge is 0.232 e. The molecule has 5 heteroatoms. The molecular formula is C25H22N2O3. The van der Waals surface area contributed by atoms with Crippen LogP contribution in [0.4, 0.5) is 0 Å². The molecule has 0 aliphatic carbocycles. The Morgan fingerprint density at radius 3 is 2.70 bits per heavy atom. The van der Waals surface area contributed by atoms with Gasteiger partial charge in [-0.25, -0.2) is 0 Å². The van der Waals surface area contributed by atoms with Crippen molar-refractivity contribution in [3.05, 3.63) is 94.5 Å². The van der Waals surface area contributed by atoms with Crippen LogP contribution < -0.4 is 9.47 Å². The highest BCUT2D eigenvalue weighted by molar-refractivity contribution is 6.15. The lowest BCUT2D eigenvalue weighted by Crippen LogP contribution is -2.34. The molecular weight excluding hydrogens is 376 g/mol. The minimum absolute atomic E-state index is 0.107. The number of pyridine rings is 1. The van der Waals surface area contributed by atoms with Crippen molar-refractivity contribution >= 4 is 11.9 Å². The van der Waals surface area contributed by atoms with E-state index in [9.17, 15) is 4.79 Å². The number of hydrogen-bond donors (Lipinski definition) is 0. The summed E-state index contributed by atoms with van der Waals surface area (Å²) in [4.78, 5) is 19.6. The van der Waals surface area contributed by atoms with Crippen LogP contribution in [0.5, 0.6) is 11.5 Å². The van der Waals surface area contributed by atoms with Crippen LogP contribution in [0.25, 0.3) is 6.08 Å². The Labute approximate surface area is 175 Å². The summed E-state index contributed by atoms with van der Waals surface area (Å²) in [5.41, 5.74) is 4.32. The lowest BCUT2D eigenvalue weighted by molar-refractivity contribution is 0.0605. The second-order valence-electron chi connectivity index (χ2n) is 7.68. The highest BCUT2D eigenvalue weighted by atomic mass is 16.5. The summed E-state index contributed by atoms with van der Waals surface area (Å²) in [5.74, 6) is 1.59. The Hall–Kier alpha value is -3.44. The number of ketones is 1. The Morgan fingerprint density at radius 2 is 1.93 bits per heavy atom. The van der Waals surface area contributed by atoms with Crippen molar-refractivity contribution in [1.82, 2.24) is 9.88 Å². The molecule has 3 aromatic rings. The zero-order valence-electron chi connectivity index (χ0n) is 17.0. The third kappa shape index (κ3) is 3.17. The van der Waals surface area contributed by atoms with Crippen molar-refractivity contribution in [1.29, 1.82) is 0 Å². The van der Waals surface area contributed by atoms with Gasteiger partial charge in [-0.1, -0.05) is 36.4 Å². The minimum Gasteiger partial charge on any atom is -0.478 e. The van der Waals surface area contributed by atoms with Gasteiger partial charge in [0.15, 0.2) is 5.76 Å². The van der Waals surface area contributed by atoms with E-state index in [1.54, 1.807) is 12.3 Å². The van der Waals surface area contributed by atoms with Crippen LogP contribution in [0.15, 0.2) is 66.6 Å². The van der Waals surface area contributed by atoms with E-state index in [2.05, 4.69) is 28.9 Å². The van der Waals surface area contributed by atoms with Gasteiger partial charge in [-0.05, 0) is 43.2 Å². The van der Waals surface area contributed by atoms with Gasteiger partial charge in [0.2, 0.25) is 5.78 Å². The molecule has 0 bridgehead atoms. The lowest BCUT2D eigenvalue weighted by atomic mass is 9.98. The summed E-state index contributed by atoms with van der Waals surface area (Å²) in [6, 6.07) is 18.0. The fourth-order valence-electron chi connectivity index (χ4n) is 4.03. The fraction of sp³-hybridized carbons (Fsp3) is 0.200. The second kappa shape index (κ2) is 7.43. The van der Waals surface area contributed by atoms with Crippen LogP contribution in [0, 0.1) is 6.92 Å². The van der Waals surface area contributed by atoms with Crippen LogP contribution in [-0.2, 0) is 6.54 Å². The van der Waals surface area contributed by atoms with Gasteiger partial charge in [-0.3, -0.25) is 14.7 Å². The van der Waals surface area contributed by atoms with Crippen LogP contribution >= 0.6 is 0 Å². The zero-order chi connectivity index (χ0) is 20.7. The predicted octanol–water partition coefficient (Wildman–Crippen LogP) is 4.92. The number of aromatic nitrogens is 1. The van der Waals surface area contributed by atoms with Crippen LogP contribution in [-0.4, -0.2) is 22.4 Å². The van der Waals surface area contributed by atoms with Gasteiger partial charge in [-0.15, -0.1) is 0 Å². The van der Waals surface area contributed by atoms with Crippen molar-refractivity contribution in [2.45, 2.75) is 26.4 Å². The number of hydrogen-bond acceptors (Lipinski definition) is 5. The molecule has 5 rings (SSSR count). The summed E-state index contributed by atoms with van der Waals surface area (Å²) < 4.78 is 12.2. The monoisotopic (exact) mass is 398 g/mol. The van der Waals surface area contributed by atoms with E-state index in [1.807, 2.05) is 49.4 Å². The van der Waals surface area contributed by atoms with E-state index in [0.717, 1.165) is 16.9 Å². The Kier molecular flexibility index (Phi) is 4.60. The third-order valence-electron chi connectivity index (χ3n) is 5.75. The number of aryl methyl sites for hydroxylation is 1. The average Bonchev–Trinajstić information content (AvgIpc) is 3.11. The van der Waals surface area contributed by atoms with Gasteiger partial charge in [0.25, 0.3) is 0 Å².